The number of benzene rings is 2. The SMILES string of the molecule is N#Cc1c(-n2ccnc2)n(-c2ccc(O)cc2)c2ccccc12. The number of phenolic OH excluding ortho intramolecular Hbond substituents is 1. The van der Waals surface area contributed by atoms with Crippen molar-refractivity contribution in [2.75, 3.05) is 0 Å². The molecule has 0 aliphatic carbocycles. The van der Waals surface area contributed by atoms with E-state index in [-0.39, 0.29) is 5.75 Å². The Morgan fingerprint density at radius 3 is 2.52 bits per heavy atom. The molecule has 2 heterocycles. The van der Waals surface area contributed by atoms with Crippen molar-refractivity contribution in [3.8, 4) is 23.3 Å². The van der Waals surface area contributed by atoms with Gasteiger partial charge in [-0.05, 0) is 30.3 Å². The Balaban J connectivity index is 2.15. The van der Waals surface area contributed by atoms with Gasteiger partial charge in [-0.15, -0.1) is 0 Å². The molecule has 110 valence electrons. The lowest BCUT2D eigenvalue weighted by atomic mass is 10.2. The number of para-hydroxylation sites is 1. The first-order chi connectivity index (χ1) is 11.3. The van der Waals surface area contributed by atoms with Gasteiger partial charge in [-0.2, -0.15) is 5.26 Å². The minimum Gasteiger partial charge on any atom is -0.508 e. The lowest BCUT2D eigenvalue weighted by Gasteiger charge is -2.11. The van der Waals surface area contributed by atoms with Gasteiger partial charge in [0.25, 0.3) is 0 Å². The number of imidazole rings is 1. The standard InChI is InChI=1S/C18H12N4O/c19-11-16-15-3-1-2-4-17(15)22(13-5-7-14(23)8-6-13)18(16)21-10-9-20-12-21/h1-10,12,23H. The molecule has 2 aromatic carbocycles. The molecule has 0 amide bonds. The van der Waals surface area contributed by atoms with Gasteiger partial charge in [-0.1, -0.05) is 18.2 Å². The molecule has 0 aliphatic heterocycles. The number of nitriles is 1. The number of nitrogens with zero attached hydrogens (tertiary/aromatic N) is 4. The maximum absolute atomic E-state index is 9.68. The summed E-state index contributed by atoms with van der Waals surface area (Å²) in [6.07, 6.45) is 5.16. The highest BCUT2D eigenvalue weighted by atomic mass is 16.3. The Bertz CT molecular complexity index is 1020. The molecule has 2 aromatic heterocycles. The summed E-state index contributed by atoms with van der Waals surface area (Å²) in [7, 11) is 0. The first-order valence-electron chi connectivity index (χ1n) is 7.11. The van der Waals surface area contributed by atoms with Gasteiger partial charge in [0.15, 0.2) is 0 Å². The molecule has 23 heavy (non-hydrogen) atoms. The molecule has 0 spiro atoms. The normalized spacial score (nSPS) is 10.7. The highest BCUT2D eigenvalue weighted by molar-refractivity contribution is 5.92. The third-order valence-electron chi connectivity index (χ3n) is 3.82. The fourth-order valence-corrected chi connectivity index (χ4v) is 2.83. The fraction of sp³-hybridized carbons (Fsp3) is 0. The van der Waals surface area contributed by atoms with E-state index in [1.54, 1.807) is 24.7 Å². The third-order valence-corrected chi connectivity index (χ3v) is 3.82. The Kier molecular flexibility index (Phi) is 2.88. The first kappa shape index (κ1) is 13.2. The number of hydrogen-bond acceptors (Lipinski definition) is 3. The monoisotopic (exact) mass is 300 g/mol. The topological polar surface area (TPSA) is 66.8 Å². The van der Waals surface area contributed by atoms with Crippen LogP contribution in [0.15, 0.2) is 67.3 Å². The van der Waals surface area contributed by atoms with Gasteiger partial charge < -0.3 is 5.11 Å². The van der Waals surface area contributed by atoms with Crippen LogP contribution >= 0.6 is 0 Å². The van der Waals surface area contributed by atoms with Crippen molar-refractivity contribution in [1.82, 2.24) is 14.1 Å². The summed E-state index contributed by atoms with van der Waals surface area (Å²) >= 11 is 0. The number of aromatic nitrogens is 3. The smallest absolute Gasteiger partial charge is 0.142 e. The minimum atomic E-state index is 0.204. The van der Waals surface area contributed by atoms with Gasteiger partial charge in [0.05, 0.1) is 5.52 Å². The van der Waals surface area contributed by atoms with Gasteiger partial charge in [0.2, 0.25) is 0 Å². The molecule has 1 N–H and O–H groups in total. The second-order valence-electron chi connectivity index (χ2n) is 5.15. The average molecular weight is 300 g/mol. The third kappa shape index (κ3) is 1.97. The maximum Gasteiger partial charge on any atom is 0.142 e. The van der Waals surface area contributed by atoms with Crippen molar-refractivity contribution in [2.24, 2.45) is 0 Å². The summed E-state index contributed by atoms with van der Waals surface area (Å²) in [5.41, 5.74) is 2.38. The number of fused-ring (bicyclic) bond motifs is 1. The van der Waals surface area contributed by atoms with Crippen LogP contribution in [0.3, 0.4) is 0 Å². The van der Waals surface area contributed by atoms with E-state index < -0.39 is 0 Å². The Labute approximate surface area is 132 Å². The van der Waals surface area contributed by atoms with Crippen LogP contribution in [0, 0.1) is 11.3 Å². The largest absolute Gasteiger partial charge is 0.508 e. The quantitative estimate of drug-likeness (QED) is 0.617. The average Bonchev–Trinajstić information content (AvgIpc) is 3.21. The molecule has 0 radical (unpaired) electrons. The fourth-order valence-electron chi connectivity index (χ4n) is 2.83. The Morgan fingerprint density at radius 2 is 1.83 bits per heavy atom. The van der Waals surface area contributed by atoms with E-state index >= 15 is 0 Å². The van der Waals surface area contributed by atoms with Gasteiger partial charge in [-0.25, -0.2) is 4.98 Å². The van der Waals surface area contributed by atoms with Crippen LogP contribution in [0.2, 0.25) is 0 Å². The zero-order valence-electron chi connectivity index (χ0n) is 12.1. The summed E-state index contributed by atoms with van der Waals surface area (Å²) in [5.74, 6) is 0.937. The predicted octanol–water partition coefficient (Wildman–Crippen LogP) is 3.39. The van der Waals surface area contributed by atoms with E-state index in [0.29, 0.717) is 5.56 Å². The molecule has 0 unspecified atom stereocenters. The highest BCUT2D eigenvalue weighted by Gasteiger charge is 2.19. The van der Waals surface area contributed by atoms with Crippen LogP contribution in [-0.4, -0.2) is 19.2 Å². The van der Waals surface area contributed by atoms with Gasteiger partial charge in [0.1, 0.15) is 29.5 Å². The van der Waals surface area contributed by atoms with Crippen molar-refractivity contribution >= 4 is 10.9 Å². The predicted molar refractivity (Wildman–Crippen MR) is 86.8 cm³/mol. The van der Waals surface area contributed by atoms with Crippen molar-refractivity contribution in [3.63, 3.8) is 0 Å². The second kappa shape index (κ2) is 5.04. The molecule has 0 atom stereocenters. The van der Waals surface area contributed by atoms with Crippen molar-refractivity contribution < 1.29 is 5.11 Å². The van der Waals surface area contributed by atoms with E-state index in [1.165, 1.54) is 0 Å². The molecule has 4 rings (SSSR count). The molecule has 0 fully saturated rings. The van der Waals surface area contributed by atoms with E-state index in [9.17, 15) is 10.4 Å². The van der Waals surface area contributed by atoms with Crippen LogP contribution in [0.5, 0.6) is 5.75 Å². The zero-order valence-corrected chi connectivity index (χ0v) is 12.1. The van der Waals surface area contributed by atoms with E-state index in [4.69, 9.17) is 0 Å². The van der Waals surface area contributed by atoms with Gasteiger partial charge >= 0.3 is 0 Å². The summed E-state index contributed by atoms with van der Waals surface area (Å²) in [5, 5.41) is 20.1. The zero-order chi connectivity index (χ0) is 15.8. The second-order valence-corrected chi connectivity index (χ2v) is 5.15. The minimum absolute atomic E-state index is 0.204. The Morgan fingerprint density at radius 1 is 1.04 bits per heavy atom. The molecule has 0 bridgehead atoms. The lowest BCUT2D eigenvalue weighted by molar-refractivity contribution is 0.475. The van der Waals surface area contributed by atoms with Gasteiger partial charge in [-0.3, -0.25) is 9.13 Å². The molecular formula is C18H12N4O. The number of rotatable bonds is 2. The van der Waals surface area contributed by atoms with Crippen molar-refractivity contribution in [2.45, 2.75) is 0 Å². The molecular weight excluding hydrogens is 288 g/mol. The number of phenols is 1. The summed E-state index contributed by atoms with van der Waals surface area (Å²) in [6, 6.07) is 17.0. The lowest BCUT2D eigenvalue weighted by Crippen LogP contribution is -2.03. The molecule has 4 aromatic rings. The Hall–Kier alpha value is -3.52. The summed E-state index contributed by atoms with van der Waals surface area (Å²) in [4.78, 5) is 4.09. The van der Waals surface area contributed by atoms with Crippen molar-refractivity contribution in [1.29, 1.82) is 5.26 Å². The van der Waals surface area contributed by atoms with E-state index in [0.717, 1.165) is 22.4 Å². The molecule has 0 aliphatic rings. The highest BCUT2D eigenvalue weighted by Crippen LogP contribution is 2.32. The van der Waals surface area contributed by atoms with Gasteiger partial charge in [0, 0.05) is 23.5 Å². The summed E-state index contributed by atoms with van der Waals surface area (Å²) in [6.45, 7) is 0. The first-order valence-corrected chi connectivity index (χ1v) is 7.11. The molecule has 0 saturated carbocycles. The van der Waals surface area contributed by atoms with Crippen LogP contribution in [0.25, 0.3) is 22.4 Å². The van der Waals surface area contributed by atoms with Crippen LogP contribution < -0.4 is 0 Å². The molecule has 5 heteroatoms. The van der Waals surface area contributed by atoms with Crippen LogP contribution in [0.1, 0.15) is 5.56 Å². The van der Waals surface area contributed by atoms with E-state index in [2.05, 4.69) is 11.1 Å². The van der Waals surface area contributed by atoms with E-state index in [1.807, 2.05) is 51.7 Å². The van der Waals surface area contributed by atoms with Crippen molar-refractivity contribution in [3.05, 3.63) is 72.8 Å². The summed E-state index contributed by atoms with van der Waals surface area (Å²) < 4.78 is 3.82. The van der Waals surface area contributed by atoms with Crippen LogP contribution in [0.4, 0.5) is 0 Å². The molecule has 5 nitrogen and oxygen atoms in total. The maximum atomic E-state index is 9.68. The molecule has 0 saturated heterocycles. The van der Waals surface area contributed by atoms with Crippen LogP contribution in [-0.2, 0) is 0 Å². The number of aromatic hydroxyl groups is 1. The number of hydrogen-bond donors (Lipinski definition) is 1.